The lowest BCUT2D eigenvalue weighted by Crippen LogP contribution is -2.40. The van der Waals surface area contributed by atoms with Gasteiger partial charge in [-0.1, -0.05) is 6.08 Å². The van der Waals surface area contributed by atoms with Gasteiger partial charge in [-0.2, -0.15) is 5.26 Å². The zero-order chi connectivity index (χ0) is 9.40. The van der Waals surface area contributed by atoms with Gasteiger partial charge >= 0.3 is 0 Å². The molecule has 0 aliphatic rings. The number of nitrogens with two attached hydrogens (primary N) is 1. The molecule has 0 saturated carbocycles. The fourth-order valence-electron chi connectivity index (χ4n) is 0.659. The summed E-state index contributed by atoms with van der Waals surface area (Å²) in [5, 5.41) is 10.7. The lowest BCUT2D eigenvalue weighted by Gasteiger charge is -2.08. The van der Waals surface area contributed by atoms with Crippen LogP contribution in [0, 0.1) is 11.3 Å². The Morgan fingerprint density at radius 2 is 2.50 bits per heavy atom. The van der Waals surface area contributed by atoms with Gasteiger partial charge in [0.2, 0.25) is 5.91 Å². The van der Waals surface area contributed by atoms with Crippen molar-refractivity contribution in [1.29, 1.82) is 5.26 Å². The van der Waals surface area contributed by atoms with Crippen LogP contribution in [0.4, 0.5) is 0 Å². The van der Waals surface area contributed by atoms with Crippen LogP contribution in [-0.2, 0) is 4.79 Å². The second kappa shape index (κ2) is 6.38. The summed E-state index contributed by atoms with van der Waals surface area (Å²) < 4.78 is 0. The summed E-state index contributed by atoms with van der Waals surface area (Å²) in [5.41, 5.74) is 5.44. The molecule has 0 aromatic rings. The molecule has 0 rings (SSSR count). The number of hydrogen-bond acceptors (Lipinski definition) is 3. The molecule has 0 aliphatic heterocycles. The van der Waals surface area contributed by atoms with E-state index in [1.807, 2.05) is 6.07 Å². The van der Waals surface area contributed by atoms with Gasteiger partial charge in [-0.05, 0) is 6.42 Å². The van der Waals surface area contributed by atoms with E-state index in [-0.39, 0.29) is 5.91 Å². The van der Waals surface area contributed by atoms with Crippen molar-refractivity contribution in [3.05, 3.63) is 12.7 Å². The zero-order valence-electron chi connectivity index (χ0n) is 6.92. The van der Waals surface area contributed by atoms with Crippen LogP contribution in [0.2, 0.25) is 0 Å². The van der Waals surface area contributed by atoms with Crippen molar-refractivity contribution < 1.29 is 4.79 Å². The standard InChI is InChI=1S/C8H13N3O/c1-2-4-7(10)8(12)11-6-3-5-9/h2,7H,1,3-4,6,10H2,(H,11,12). The van der Waals surface area contributed by atoms with Gasteiger partial charge in [0.15, 0.2) is 0 Å². The van der Waals surface area contributed by atoms with Gasteiger partial charge < -0.3 is 11.1 Å². The van der Waals surface area contributed by atoms with E-state index < -0.39 is 6.04 Å². The summed E-state index contributed by atoms with van der Waals surface area (Å²) in [6, 6.07) is 1.38. The average Bonchev–Trinajstić information content (AvgIpc) is 2.05. The second-order valence-corrected chi connectivity index (χ2v) is 2.33. The number of carbonyl (C=O) groups is 1. The predicted octanol–water partition coefficient (Wildman–Crippen LogP) is -0.0803. The van der Waals surface area contributed by atoms with Crippen LogP contribution in [0.15, 0.2) is 12.7 Å². The number of carbonyl (C=O) groups excluding carboxylic acids is 1. The van der Waals surface area contributed by atoms with E-state index in [0.717, 1.165) is 0 Å². The topological polar surface area (TPSA) is 78.9 Å². The molecule has 0 radical (unpaired) electrons. The highest BCUT2D eigenvalue weighted by atomic mass is 16.2. The lowest BCUT2D eigenvalue weighted by atomic mass is 10.2. The molecule has 66 valence electrons. The van der Waals surface area contributed by atoms with Crippen molar-refractivity contribution in [3.8, 4) is 6.07 Å². The van der Waals surface area contributed by atoms with Crippen LogP contribution in [0.5, 0.6) is 0 Å². The molecule has 0 bridgehead atoms. The number of nitrogens with one attached hydrogen (secondary N) is 1. The molecule has 0 saturated heterocycles. The Morgan fingerprint density at radius 1 is 1.83 bits per heavy atom. The summed E-state index contributed by atoms with van der Waals surface area (Å²) in [6.45, 7) is 3.83. The minimum atomic E-state index is -0.541. The molecule has 4 heteroatoms. The van der Waals surface area contributed by atoms with Crippen LogP contribution < -0.4 is 11.1 Å². The van der Waals surface area contributed by atoms with Gasteiger partial charge in [0.25, 0.3) is 0 Å². The smallest absolute Gasteiger partial charge is 0.237 e. The number of nitriles is 1. The Balaban J connectivity index is 3.58. The van der Waals surface area contributed by atoms with Crippen LogP contribution in [0.25, 0.3) is 0 Å². The monoisotopic (exact) mass is 167 g/mol. The number of amides is 1. The molecule has 4 nitrogen and oxygen atoms in total. The van der Waals surface area contributed by atoms with Gasteiger partial charge in [0.05, 0.1) is 18.5 Å². The first-order chi connectivity index (χ1) is 5.72. The molecule has 0 heterocycles. The maximum Gasteiger partial charge on any atom is 0.237 e. The van der Waals surface area contributed by atoms with E-state index >= 15 is 0 Å². The third-order valence-corrected chi connectivity index (χ3v) is 1.29. The van der Waals surface area contributed by atoms with Crippen molar-refractivity contribution in [2.24, 2.45) is 5.73 Å². The maximum absolute atomic E-state index is 11.0. The fourth-order valence-corrected chi connectivity index (χ4v) is 0.659. The van der Waals surface area contributed by atoms with Gasteiger partial charge in [0.1, 0.15) is 0 Å². The molecule has 1 unspecified atom stereocenters. The summed E-state index contributed by atoms with van der Waals surface area (Å²) in [4.78, 5) is 11.0. The Morgan fingerprint density at radius 3 is 3.00 bits per heavy atom. The van der Waals surface area contributed by atoms with Crippen LogP contribution in [0.1, 0.15) is 12.8 Å². The second-order valence-electron chi connectivity index (χ2n) is 2.33. The third kappa shape index (κ3) is 4.47. The van der Waals surface area contributed by atoms with Crippen molar-refractivity contribution in [3.63, 3.8) is 0 Å². The van der Waals surface area contributed by atoms with Gasteiger partial charge in [-0.15, -0.1) is 6.58 Å². The van der Waals surface area contributed by atoms with E-state index in [1.165, 1.54) is 0 Å². The molecule has 12 heavy (non-hydrogen) atoms. The highest BCUT2D eigenvalue weighted by Crippen LogP contribution is 1.88. The van der Waals surface area contributed by atoms with Crippen molar-refractivity contribution in [2.45, 2.75) is 18.9 Å². The highest BCUT2D eigenvalue weighted by Gasteiger charge is 2.09. The number of hydrogen-bond donors (Lipinski definition) is 2. The van der Waals surface area contributed by atoms with Gasteiger partial charge in [-0.25, -0.2) is 0 Å². The molecule has 0 aliphatic carbocycles. The van der Waals surface area contributed by atoms with Gasteiger partial charge in [0, 0.05) is 6.54 Å². The Labute approximate surface area is 72.0 Å². The van der Waals surface area contributed by atoms with E-state index in [1.54, 1.807) is 6.08 Å². The average molecular weight is 167 g/mol. The first kappa shape index (κ1) is 10.7. The summed E-state index contributed by atoms with van der Waals surface area (Å²) in [5.74, 6) is -0.231. The van der Waals surface area contributed by atoms with E-state index in [9.17, 15) is 4.79 Å². The predicted molar refractivity (Wildman–Crippen MR) is 46.0 cm³/mol. The quantitative estimate of drug-likeness (QED) is 0.444. The van der Waals surface area contributed by atoms with Crippen molar-refractivity contribution >= 4 is 5.91 Å². The van der Waals surface area contributed by atoms with E-state index in [2.05, 4.69) is 11.9 Å². The van der Waals surface area contributed by atoms with E-state index in [0.29, 0.717) is 19.4 Å². The Kier molecular flexibility index (Phi) is 5.66. The SMILES string of the molecule is C=CCC(N)C(=O)NCCC#N. The minimum Gasteiger partial charge on any atom is -0.354 e. The van der Waals surface area contributed by atoms with Crippen molar-refractivity contribution in [1.82, 2.24) is 5.32 Å². The molecule has 1 atom stereocenters. The fraction of sp³-hybridized carbons (Fsp3) is 0.500. The summed E-state index contributed by atoms with van der Waals surface area (Å²) >= 11 is 0. The minimum absolute atomic E-state index is 0.231. The molecular formula is C8H13N3O. The first-order valence-corrected chi connectivity index (χ1v) is 3.73. The molecule has 1 amide bonds. The van der Waals surface area contributed by atoms with Gasteiger partial charge in [-0.3, -0.25) is 4.79 Å². The van der Waals surface area contributed by atoms with Crippen LogP contribution in [0.3, 0.4) is 0 Å². The van der Waals surface area contributed by atoms with Crippen LogP contribution >= 0.6 is 0 Å². The summed E-state index contributed by atoms with van der Waals surface area (Å²) in [7, 11) is 0. The Hall–Kier alpha value is -1.34. The molecule has 0 fully saturated rings. The molecule has 0 aromatic heterocycles. The van der Waals surface area contributed by atoms with Crippen LogP contribution in [-0.4, -0.2) is 18.5 Å². The van der Waals surface area contributed by atoms with Crippen molar-refractivity contribution in [2.75, 3.05) is 6.54 Å². The summed E-state index contributed by atoms with van der Waals surface area (Å²) in [6.07, 6.45) is 2.36. The normalized spacial score (nSPS) is 11.3. The highest BCUT2D eigenvalue weighted by molar-refractivity contribution is 5.81. The molecule has 3 N–H and O–H groups in total. The first-order valence-electron chi connectivity index (χ1n) is 3.73. The maximum atomic E-state index is 11.0. The van der Waals surface area contributed by atoms with E-state index in [4.69, 9.17) is 11.0 Å². The lowest BCUT2D eigenvalue weighted by molar-refractivity contribution is -0.122. The molecule has 0 spiro atoms. The largest absolute Gasteiger partial charge is 0.354 e. The number of rotatable bonds is 5. The molecule has 0 aromatic carbocycles. The molecular weight excluding hydrogens is 154 g/mol. The zero-order valence-corrected chi connectivity index (χ0v) is 6.92. The number of nitrogens with zero attached hydrogens (tertiary/aromatic N) is 1. The third-order valence-electron chi connectivity index (χ3n) is 1.29. The Bertz CT molecular complexity index is 195.